The lowest BCUT2D eigenvalue weighted by molar-refractivity contribution is 0.172. The summed E-state index contributed by atoms with van der Waals surface area (Å²) in [6.07, 6.45) is 0. The molecule has 184 valence electrons. The molecular formula is C23H36IN5O4. The molecule has 0 saturated carbocycles. The third kappa shape index (κ3) is 6.89. The molecule has 1 aromatic carbocycles. The fraction of sp³-hybridized carbons (Fsp3) is 0.565. The van der Waals surface area contributed by atoms with Crippen LogP contribution in [0.2, 0.25) is 0 Å². The molecule has 1 aliphatic heterocycles. The molecule has 0 unspecified atom stereocenters. The van der Waals surface area contributed by atoms with Crippen molar-refractivity contribution >= 4 is 29.9 Å². The van der Waals surface area contributed by atoms with Crippen molar-refractivity contribution in [2.75, 3.05) is 54.6 Å². The first-order valence-corrected chi connectivity index (χ1v) is 10.9. The molecule has 0 spiro atoms. The van der Waals surface area contributed by atoms with Crippen LogP contribution in [-0.4, -0.2) is 75.5 Å². The van der Waals surface area contributed by atoms with Crippen molar-refractivity contribution < 1.29 is 18.7 Å². The number of guanidine groups is 1. The first-order valence-electron chi connectivity index (χ1n) is 10.9. The van der Waals surface area contributed by atoms with Crippen LogP contribution in [0.15, 0.2) is 27.7 Å². The third-order valence-electron chi connectivity index (χ3n) is 5.60. The van der Waals surface area contributed by atoms with E-state index in [-0.39, 0.29) is 24.0 Å². The van der Waals surface area contributed by atoms with E-state index < -0.39 is 0 Å². The van der Waals surface area contributed by atoms with E-state index >= 15 is 0 Å². The fourth-order valence-electron chi connectivity index (χ4n) is 3.79. The van der Waals surface area contributed by atoms with Gasteiger partial charge in [-0.1, -0.05) is 19.0 Å². The Morgan fingerprint density at radius 3 is 2.18 bits per heavy atom. The van der Waals surface area contributed by atoms with Crippen LogP contribution in [0.25, 0.3) is 0 Å². The van der Waals surface area contributed by atoms with Gasteiger partial charge in [-0.2, -0.15) is 0 Å². The number of halogens is 1. The summed E-state index contributed by atoms with van der Waals surface area (Å²) in [5, 5.41) is 7.51. The van der Waals surface area contributed by atoms with E-state index in [0.29, 0.717) is 29.7 Å². The lowest BCUT2D eigenvalue weighted by atomic mass is 10.1. The smallest absolute Gasteiger partial charge is 0.203 e. The number of ether oxygens (including phenoxy) is 3. The van der Waals surface area contributed by atoms with Crippen LogP contribution in [0.4, 0.5) is 0 Å². The molecule has 3 rings (SSSR count). The van der Waals surface area contributed by atoms with Crippen LogP contribution < -0.4 is 19.5 Å². The summed E-state index contributed by atoms with van der Waals surface area (Å²) in [6.45, 7) is 9.21. The van der Waals surface area contributed by atoms with Crippen molar-refractivity contribution in [1.29, 1.82) is 0 Å². The van der Waals surface area contributed by atoms with E-state index in [4.69, 9.17) is 18.7 Å². The Bertz CT molecular complexity index is 885. The number of nitrogens with one attached hydrogen (secondary N) is 1. The van der Waals surface area contributed by atoms with Gasteiger partial charge in [0.25, 0.3) is 0 Å². The average molecular weight is 573 g/mol. The monoisotopic (exact) mass is 573 g/mol. The molecule has 0 bridgehead atoms. The normalized spacial score (nSPS) is 14.8. The predicted molar refractivity (Wildman–Crippen MR) is 139 cm³/mol. The van der Waals surface area contributed by atoms with Crippen molar-refractivity contribution in [3.8, 4) is 17.2 Å². The van der Waals surface area contributed by atoms with Crippen LogP contribution >= 0.6 is 24.0 Å². The Morgan fingerprint density at radius 1 is 1.06 bits per heavy atom. The van der Waals surface area contributed by atoms with Gasteiger partial charge in [0.15, 0.2) is 23.2 Å². The van der Waals surface area contributed by atoms with Crippen LogP contribution in [0.3, 0.4) is 0 Å². The second-order valence-corrected chi connectivity index (χ2v) is 8.07. The molecule has 0 radical (unpaired) electrons. The van der Waals surface area contributed by atoms with Gasteiger partial charge in [-0.3, -0.25) is 9.89 Å². The molecular weight excluding hydrogens is 537 g/mol. The third-order valence-corrected chi connectivity index (χ3v) is 5.60. The lowest BCUT2D eigenvalue weighted by Gasteiger charge is -2.36. The van der Waals surface area contributed by atoms with Gasteiger partial charge in [0.2, 0.25) is 5.75 Å². The SMILES string of the molecule is CN=C(NCc1cc(C(C)C)no1)N1CCN(Cc2cc(OC)c(OC)c(OC)c2)CC1.I. The van der Waals surface area contributed by atoms with E-state index in [2.05, 4.69) is 39.1 Å². The van der Waals surface area contributed by atoms with Gasteiger partial charge >= 0.3 is 0 Å². The maximum absolute atomic E-state index is 5.48. The van der Waals surface area contributed by atoms with Gasteiger partial charge in [-0.25, -0.2) is 0 Å². The van der Waals surface area contributed by atoms with E-state index in [9.17, 15) is 0 Å². The number of hydrogen-bond acceptors (Lipinski definition) is 7. The van der Waals surface area contributed by atoms with E-state index in [0.717, 1.165) is 55.7 Å². The molecule has 0 atom stereocenters. The topological polar surface area (TPSA) is 84.6 Å². The highest BCUT2D eigenvalue weighted by Gasteiger charge is 2.21. The molecule has 1 aliphatic rings. The molecule has 33 heavy (non-hydrogen) atoms. The summed E-state index contributed by atoms with van der Waals surface area (Å²) in [4.78, 5) is 9.13. The van der Waals surface area contributed by atoms with Crippen LogP contribution in [0.1, 0.15) is 36.8 Å². The molecule has 1 aromatic heterocycles. The maximum Gasteiger partial charge on any atom is 0.203 e. The van der Waals surface area contributed by atoms with Gasteiger partial charge in [0.05, 0.1) is 33.6 Å². The van der Waals surface area contributed by atoms with Crippen molar-refractivity contribution in [1.82, 2.24) is 20.3 Å². The van der Waals surface area contributed by atoms with Gasteiger partial charge in [-0.05, 0) is 23.6 Å². The zero-order valence-electron chi connectivity index (χ0n) is 20.4. The zero-order chi connectivity index (χ0) is 23.1. The Kier molecular flexibility index (Phi) is 10.6. The second-order valence-electron chi connectivity index (χ2n) is 8.07. The van der Waals surface area contributed by atoms with Gasteiger partial charge in [0.1, 0.15) is 0 Å². The summed E-state index contributed by atoms with van der Waals surface area (Å²) in [7, 11) is 6.71. The minimum absolute atomic E-state index is 0. The molecule has 1 saturated heterocycles. The van der Waals surface area contributed by atoms with Crippen LogP contribution in [0.5, 0.6) is 17.2 Å². The van der Waals surface area contributed by atoms with Gasteiger partial charge < -0.3 is 29.0 Å². The Labute approximate surface area is 213 Å². The number of benzene rings is 1. The van der Waals surface area contributed by atoms with Gasteiger partial charge in [0, 0.05) is 45.8 Å². The predicted octanol–water partition coefficient (Wildman–Crippen LogP) is 3.34. The molecule has 10 heteroatoms. The summed E-state index contributed by atoms with van der Waals surface area (Å²) in [6, 6.07) is 6.02. The molecule has 1 fully saturated rings. The van der Waals surface area contributed by atoms with Crippen LogP contribution in [0, 0.1) is 0 Å². The molecule has 2 heterocycles. The number of rotatable bonds is 8. The zero-order valence-corrected chi connectivity index (χ0v) is 22.7. The van der Waals surface area contributed by atoms with Crippen molar-refractivity contribution in [3.05, 3.63) is 35.2 Å². The highest BCUT2D eigenvalue weighted by Crippen LogP contribution is 2.38. The fourth-order valence-corrected chi connectivity index (χ4v) is 3.79. The Morgan fingerprint density at radius 2 is 1.70 bits per heavy atom. The van der Waals surface area contributed by atoms with Crippen LogP contribution in [-0.2, 0) is 13.1 Å². The highest BCUT2D eigenvalue weighted by molar-refractivity contribution is 14.0. The summed E-state index contributed by atoms with van der Waals surface area (Å²) >= 11 is 0. The number of aliphatic imine (C=N–C) groups is 1. The van der Waals surface area contributed by atoms with Gasteiger partial charge in [-0.15, -0.1) is 24.0 Å². The number of hydrogen-bond donors (Lipinski definition) is 1. The quantitative estimate of drug-likeness (QED) is 0.293. The average Bonchev–Trinajstić information content (AvgIpc) is 3.29. The first kappa shape index (κ1) is 27.0. The van der Waals surface area contributed by atoms with E-state index in [1.807, 2.05) is 25.2 Å². The van der Waals surface area contributed by atoms with Crippen molar-refractivity contribution in [2.45, 2.75) is 32.9 Å². The van der Waals surface area contributed by atoms with E-state index in [1.54, 1.807) is 21.3 Å². The first-order chi connectivity index (χ1) is 15.5. The molecule has 2 aromatic rings. The largest absolute Gasteiger partial charge is 0.493 e. The standard InChI is InChI=1S/C23H35N5O4.HI/c1-16(2)19-13-18(32-26-19)14-25-23(24-3)28-9-7-27(8-10-28)15-17-11-20(29-4)22(31-6)21(12-17)30-5;/h11-13,16H,7-10,14-15H2,1-6H3,(H,24,25);1H. The summed E-state index contributed by atoms with van der Waals surface area (Å²) < 4.78 is 21.8. The Hall–Kier alpha value is -2.21. The minimum atomic E-state index is 0. The number of aromatic nitrogens is 1. The Balaban J connectivity index is 0.00000385. The second kappa shape index (κ2) is 12.9. The van der Waals surface area contributed by atoms with E-state index in [1.165, 1.54) is 0 Å². The molecule has 1 N–H and O–H groups in total. The summed E-state index contributed by atoms with van der Waals surface area (Å²) in [5.41, 5.74) is 2.10. The lowest BCUT2D eigenvalue weighted by Crippen LogP contribution is -2.52. The molecule has 9 nitrogen and oxygen atoms in total. The molecule has 0 amide bonds. The van der Waals surface area contributed by atoms with Crippen molar-refractivity contribution in [2.24, 2.45) is 4.99 Å². The minimum Gasteiger partial charge on any atom is -0.493 e. The molecule has 0 aliphatic carbocycles. The maximum atomic E-state index is 5.48. The highest BCUT2D eigenvalue weighted by atomic mass is 127. The number of nitrogens with zero attached hydrogens (tertiary/aromatic N) is 4. The summed E-state index contributed by atoms with van der Waals surface area (Å²) in [5.74, 6) is 4.02. The number of piperazine rings is 1. The number of methoxy groups -OCH3 is 3. The van der Waals surface area contributed by atoms with Crippen molar-refractivity contribution in [3.63, 3.8) is 0 Å².